The Morgan fingerprint density at radius 2 is 1.69 bits per heavy atom. The Kier molecular flexibility index (Phi) is 9.01. The van der Waals surface area contributed by atoms with Crippen LogP contribution >= 0.6 is 11.6 Å². The number of amides is 1. The number of nitrogens with one attached hydrogen (secondary N) is 1. The summed E-state index contributed by atoms with van der Waals surface area (Å²) in [5, 5.41) is 3.26. The number of carbonyl (C=O) groups excluding carboxylic acids is 1. The van der Waals surface area contributed by atoms with Gasteiger partial charge in [0.1, 0.15) is 6.54 Å². The zero-order valence-corrected chi connectivity index (χ0v) is 21.5. The fourth-order valence-corrected chi connectivity index (χ4v) is 5.11. The minimum absolute atomic E-state index is 0.0599. The number of nitrogens with zero attached hydrogens (tertiary/aromatic N) is 1. The molecule has 1 amide bonds. The molecule has 0 aromatic heterocycles. The highest BCUT2D eigenvalue weighted by molar-refractivity contribution is 7.92. The van der Waals surface area contributed by atoms with Crippen molar-refractivity contribution in [3.05, 3.63) is 82.9 Å². The van der Waals surface area contributed by atoms with E-state index >= 15 is 0 Å². The second-order valence-electron chi connectivity index (χ2n) is 7.95. The van der Waals surface area contributed by atoms with E-state index in [-0.39, 0.29) is 11.4 Å². The van der Waals surface area contributed by atoms with Gasteiger partial charge in [-0.3, -0.25) is 9.10 Å². The Morgan fingerprint density at radius 3 is 2.34 bits per heavy atom. The van der Waals surface area contributed by atoms with Crippen molar-refractivity contribution in [3.63, 3.8) is 0 Å². The molecular weight excluding hydrogens is 488 g/mol. The summed E-state index contributed by atoms with van der Waals surface area (Å²) in [6.07, 6.45) is 1.39. The molecule has 3 aromatic carbocycles. The SMILES string of the molecule is COc1ccc(CCCNC(=O)CN(c2cccc(C)c2)S(=O)(=O)c2ccc(Cl)cc2)cc1OC. The maximum atomic E-state index is 13.4. The zero-order chi connectivity index (χ0) is 25.4. The van der Waals surface area contributed by atoms with Crippen LogP contribution in [0.25, 0.3) is 0 Å². The number of ether oxygens (including phenoxy) is 2. The van der Waals surface area contributed by atoms with Gasteiger partial charge in [-0.2, -0.15) is 0 Å². The fourth-order valence-electron chi connectivity index (χ4n) is 3.57. The van der Waals surface area contributed by atoms with Gasteiger partial charge in [0.05, 0.1) is 24.8 Å². The first-order chi connectivity index (χ1) is 16.7. The number of sulfonamides is 1. The first-order valence-corrected chi connectivity index (χ1v) is 12.9. The molecule has 0 aliphatic heterocycles. The molecule has 186 valence electrons. The summed E-state index contributed by atoms with van der Waals surface area (Å²) in [6.45, 7) is 1.92. The van der Waals surface area contributed by atoms with Crippen LogP contribution in [0, 0.1) is 6.92 Å². The molecule has 1 N–H and O–H groups in total. The number of carbonyl (C=O) groups is 1. The summed E-state index contributed by atoms with van der Waals surface area (Å²) in [5.74, 6) is 0.911. The van der Waals surface area contributed by atoms with Crippen molar-refractivity contribution in [2.45, 2.75) is 24.7 Å². The third-order valence-corrected chi connectivity index (χ3v) is 7.43. The molecule has 0 atom stereocenters. The summed E-state index contributed by atoms with van der Waals surface area (Å²) < 4.78 is 38.5. The van der Waals surface area contributed by atoms with Crippen LogP contribution in [0.3, 0.4) is 0 Å². The molecule has 9 heteroatoms. The van der Waals surface area contributed by atoms with Gasteiger partial charge in [-0.05, 0) is 79.4 Å². The third-order valence-electron chi connectivity index (χ3n) is 5.39. The van der Waals surface area contributed by atoms with E-state index in [2.05, 4.69) is 5.32 Å². The third kappa shape index (κ3) is 6.90. The maximum Gasteiger partial charge on any atom is 0.264 e. The average Bonchev–Trinajstić information content (AvgIpc) is 2.85. The number of methoxy groups -OCH3 is 2. The Morgan fingerprint density at radius 1 is 0.971 bits per heavy atom. The number of anilines is 1. The van der Waals surface area contributed by atoms with Gasteiger partial charge in [-0.1, -0.05) is 29.8 Å². The summed E-state index contributed by atoms with van der Waals surface area (Å²) >= 11 is 5.92. The van der Waals surface area contributed by atoms with E-state index in [0.717, 1.165) is 15.4 Å². The second kappa shape index (κ2) is 12.0. The van der Waals surface area contributed by atoms with E-state index in [9.17, 15) is 13.2 Å². The highest BCUT2D eigenvalue weighted by Crippen LogP contribution is 2.28. The summed E-state index contributed by atoms with van der Waals surface area (Å²) in [6, 6.07) is 18.6. The average molecular weight is 517 g/mol. The van der Waals surface area contributed by atoms with Gasteiger partial charge < -0.3 is 14.8 Å². The van der Waals surface area contributed by atoms with Crippen LogP contribution < -0.4 is 19.1 Å². The van der Waals surface area contributed by atoms with Crippen LogP contribution in [0.15, 0.2) is 71.6 Å². The minimum Gasteiger partial charge on any atom is -0.493 e. The smallest absolute Gasteiger partial charge is 0.264 e. The largest absolute Gasteiger partial charge is 0.493 e. The summed E-state index contributed by atoms with van der Waals surface area (Å²) in [4.78, 5) is 12.8. The number of benzene rings is 3. The van der Waals surface area contributed by atoms with Crippen molar-refractivity contribution >= 4 is 33.2 Å². The maximum absolute atomic E-state index is 13.4. The Balaban J connectivity index is 1.68. The number of hydrogen-bond acceptors (Lipinski definition) is 5. The van der Waals surface area contributed by atoms with Crippen LogP contribution in [-0.2, 0) is 21.2 Å². The molecule has 3 rings (SSSR count). The van der Waals surface area contributed by atoms with Crippen molar-refractivity contribution in [2.75, 3.05) is 31.6 Å². The molecule has 7 nitrogen and oxygen atoms in total. The first kappa shape index (κ1) is 26.4. The Bertz CT molecular complexity index is 1260. The molecule has 0 spiro atoms. The Labute approximate surface area is 211 Å². The van der Waals surface area contributed by atoms with Gasteiger partial charge >= 0.3 is 0 Å². The highest BCUT2D eigenvalue weighted by Gasteiger charge is 2.27. The Hall–Kier alpha value is -3.23. The monoisotopic (exact) mass is 516 g/mol. The lowest BCUT2D eigenvalue weighted by Gasteiger charge is -2.24. The van der Waals surface area contributed by atoms with Crippen LogP contribution in [0.2, 0.25) is 5.02 Å². The quantitative estimate of drug-likeness (QED) is 0.376. The predicted octanol–water partition coefficient (Wildman–Crippen LogP) is 4.61. The lowest BCUT2D eigenvalue weighted by atomic mass is 10.1. The number of halogens is 1. The predicted molar refractivity (Wildman–Crippen MR) is 138 cm³/mol. The van der Waals surface area contributed by atoms with E-state index in [4.69, 9.17) is 21.1 Å². The molecule has 3 aromatic rings. The van der Waals surface area contributed by atoms with Gasteiger partial charge in [-0.15, -0.1) is 0 Å². The number of hydrogen-bond donors (Lipinski definition) is 1. The molecular formula is C26H29ClN2O5S. The van der Waals surface area contributed by atoms with E-state index < -0.39 is 15.9 Å². The topological polar surface area (TPSA) is 84.9 Å². The fraction of sp³-hybridized carbons (Fsp3) is 0.269. The zero-order valence-electron chi connectivity index (χ0n) is 20.0. The van der Waals surface area contributed by atoms with Gasteiger partial charge in [0, 0.05) is 11.6 Å². The van der Waals surface area contributed by atoms with Crippen molar-refractivity contribution in [1.29, 1.82) is 0 Å². The lowest BCUT2D eigenvalue weighted by Crippen LogP contribution is -2.41. The van der Waals surface area contributed by atoms with E-state index in [1.54, 1.807) is 32.4 Å². The van der Waals surface area contributed by atoms with Gasteiger partial charge in [0.2, 0.25) is 5.91 Å². The van der Waals surface area contributed by atoms with Crippen molar-refractivity contribution in [1.82, 2.24) is 5.32 Å². The van der Waals surface area contributed by atoms with Crippen LogP contribution in [0.5, 0.6) is 11.5 Å². The van der Waals surface area contributed by atoms with Gasteiger partial charge in [0.25, 0.3) is 10.0 Å². The van der Waals surface area contributed by atoms with Gasteiger partial charge in [-0.25, -0.2) is 8.42 Å². The minimum atomic E-state index is -3.98. The standard InChI is InChI=1S/C26H29ClN2O5S/c1-19-6-4-8-22(16-19)29(35(31,32)23-12-10-21(27)11-13-23)18-26(30)28-15-5-7-20-9-14-24(33-2)25(17-20)34-3/h4,6,8-14,16-17H,5,7,15,18H2,1-3H3,(H,28,30). The van der Waals surface area contributed by atoms with Crippen LogP contribution in [-0.4, -0.2) is 41.6 Å². The van der Waals surface area contributed by atoms with Crippen LogP contribution in [0.4, 0.5) is 5.69 Å². The molecule has 0 aliphatic carbocycles. The second-order valence-corrected chi connectivity index (χ2v) is 10.2. The van der Waals surface area contributed by atoms with Crippen molar-refractivity contribution in [3.8, 4) is 11.5 Å². The summed E-state index contributed by atoms with van der Waals surface area (Å²) in [7, 11) is -0.816. The first-order valence-electron chi connectivity index (χ1n) is 11.1. The molecule has 0 aliphatic rings. The summed E-state index contributed by atoms with van der Waals surface area (Å²) in [5.41, 5.74) is 2.35. The van der Waals surface area contributed by atoms with Gasteiger partial charge in [0.15, 0.2) is 11.5 Å². The molecule has 0 heterocycles. The molecule has 35 heavy (non-hydrogen) atoms. The van der Waals surface area contributed by atoms with Crippen LogP contribution in [0.1, 0.15) is 17.5 Å². The normalized spacial score (nSPS) is 11.1. The van der Waals surface area contributed by atoms with Crippen molar-refractivity contribution in [2.24, 2.45) is 0 Å². The van der Waals surface area contributed by atoms with Crippen molar-refractivity contribution < 1.29 is 22.7 Å². The highest BCUT2D eigenvalue weighted by atomic mass is 35.5. The van der Waals surface area contributed by atoms with E-state index in [1.807, 2.05) is 31.2 Å². The van der Waals surface area contributed by atoms with E-state index in [1.165, 1.54) is 24.3 Å². The molecule has 0 fully saturated rings. The molecule has 0 saturated carbocycles. The molecule has 0 bridgehead atoms. The number of rotatable bonds is 11. The molecule has 0 saturated heterocycles. The number of aryl methyl sites for hydroxylation is 2. The lowest BCUT2D eigenvalue weighted by molar-refractivity contribution is -0.119. The van der Waals surface area contributed by atoms with E-state index in [0.29, 0.717) is 41.6 Å². The molecule has 0 unspecified atom stereocenters. The molecule has 0 radical (unpaired) electrons.